The van der Waals surface area contributed by atoms with Gasteiger partial charge in [0, 0.05) is 16.5 Å². The largest absolute Gasteiger partial charge is 0.496 e. The molecule has 4 rings (SSSR count). The first-order chi connectivity index (χ1) is 16.0. The van der Waals surface area contributed by atoms with Crippen molar-refractivity contribution in [2.75, 3.05) is 19.0 Å². The number of methoxy groups -OCH3 is 1. The molecule has 0 unspecified atom stereocenters. The zero-order valence-electron chi connectivity index (χ0n) is 18.2. The Bertz CT molecular complexity index is 1330. The molecule has 0 radical (unpaired) electrons. The normalized spacial score (nSPS) is 10.8. The van der Waals surface area contributed by atoms with Gasteiger partial charge in [-0.3, -0.25) is 9.59 Å². The lowest BCUT2D eigenvalue weighted by atomic mass is 10.1. The van der Waals surface area contributed by atoms with Crippen LogP contribution < -0.4 is 14.8 Å². The number of ketones is 1. The van der Waals surface area contributed by atoms with E-state index in [9.17, 15) is 9.59 Å². The molecule has 0 fully saturated rings. The van der Waals surface area contributed by atoms with Crippen LogP contribution in [-0.2, 0) is 0 Å². The highest BCUT2D eigenvalue weighted by Gasteiger charge is 2.24. The van der Waals surface area contributed by atoms with Gasteiger partial charge in [0.05, 0.1) is 23.9 Å². The second-order valence-corrected chi connectivity index (χ2v) is 8.17. The SMILES string of the molecule is CCCOc1cccc(C(=O)Nc2c(C(=O)c3ccc(OC)c(Br)c3)oc3ccccc23)c1. The Labute approximate surface area is 199 Å². The fourth-order valence-corrected chi connectivity index (χ4v) is 3.94. The lowest BCUT2D eigenvalue weighted by Gasteiger charge is -2.09. The molecular formula is C26H22BrNO5. The highest BCUT2D eigenvalue weighted by Crippen LogP contribution is 2.34. The summed E-state index contributed by atoms with van der Waals surface area (Å²) in [5, 5.41) is 3.51. The number of rotatable bonds is 8. The van der Waals surface area contributed by atoms with E-state index in [4.69, 9.17) is 13.9 Å². The van der Waals surface area contributed by atoms with Gasteiger partial charge in [0.15, 0.2) is 5.76 Å². The Balaban J connectivity index is 1.71. The summed E-state index contributed by atoms with van der Waals surface area (Å²) in [6.45, 7) is 2.58. The maximum atomic E-state index is 13.4. The lowest BCUT2D eigenvalue weighted by Crippen LogP contribution is -2.14. The standard InChI is InChI=1S/C26H22BrNO5/c1-3-13-32-18-8-6-7-17(14-18)26(30)28-23-19-9-4-5-10-21(19)33-25(23)24(29)16-11-12-22(31-2)20(27)15-16/h4-12,14-15H,3,13H2,1-2H3,(H,28,30). The number of para-hydroxylation sites is 1. The fraction of sp³-hybridized carbons (Fsp3) is 0.154. The summed E-state index contributed by atoms with van der Waals surface area (Å²) in [4.78, 5) is 26.4. The predicted molar refractivity (Wildman–Crippen MR) is 131 cm³/mol. The van der Waals surface area contributed by atoms with Gasteiger partial charge in [-0.2, -0.15) is 0 Å². The van der Waals surface area contributed by atoms with Gasteiger partial charge in [-0.15, -0.1) is 0 Å². The molecule has 0 spiro atoms. The van der Waals surface area contributed by atoms with E-state index in [-0.39, 0.29) is 17.5 Å². The van der Waals surface area contributed by atoms with Crippen molar-refractivity contribution in [1.29, 1.82) is 0 Å². The summed E-state index contributed by atoms with van der Waals surface area (Å²) in [7, 11) is 1.55. The Morgan fingerprint density at radius 3 is 2.58 bits per heavy atom. The fourth-order valence-electron chi connectivity index (χ4n) is 3.40. The van der Waals surface area contributed by atoms with Crippen LogP contribution >= 0.6 is 15.9 Å². The zero-order chi connectivity index (χ0) is 23.4. The van der Waals surface area contributed by atoms with E-state index in [0.717, 1.165) is 6.42 Å². The minimum absolute atomic E-state index is 0.0556. The number of ether oxygens (including phenoxy) is 2. The number of carbonyl (C=O) groups is 2. The Kier molecular flexibility index (Phi) is 6.79. The van der Waals surface area contributed by atoms with Crippen LogP contribution in [0.2, 0.25) is 0 Å². The number of carbonyl (C=O) groups excluding carboxylic acids is 2. The summed E-state index contributed by atoms with van der Waals surface area (Å²) in [5.74, 6) is 0.550. The van der Waals surface area contributed by atoms with Gasteiger partial charge in [0.25, 0.3) is 5.91 Å². The number of amides is 1. The number of hydrogen-bond acceptors (Lipinski definition) is 5. The number of benzene rings is 3. The van der Waals surface area contributed by atoms with Crippen LogP contribution in [0.3, 0.4) is 0 Å². The van der Waals surface area contributed by atoms with Gasteiger partial charge in [-0.25, -0.2) is 0 Å². The van der Waals surface area contributed by atoms with Crippen molar-refractivity contribution in [2.24, 2.45) is 0 Å². The lowest BCUT2D eigenvalue weighted by molar-refractivity contribution is 0.101. The number of halogens is 1. The summed E-state index contributed by atoms with van der Waals surface area (Å²) in [6, 6.07) is 19.1. The van der Waals surface area contributed by atoms with Crippen molar-refractivity contribution < 1.29 is 23.5 Å². The van der Waals surface area contributed by atoms with Gasteiger partial charge < -0.3 is 19.2 Å². The highest BCUT2D eigenvalue weighted by molar-refractivity contribution is 9.10. The second-order valence-electron chi connectivity index (χ2n) is 7.31. The van der Waals surface area contributed by atoms with E-state index in [1.807, 2.05) is 19.1 Å². The molecule has 4 aromatic rings. The molecular weight excluding hydrogens is 486 g/mol. The van der Waals surface area contributed by atoms with E-state index in [1.165, 1.54) is 0 Å². The average Bonchev–Trinajstić information content (AvgIpc) is 3.20. The summed E-state index contributed by atoms with van der Waals surface area (Å²) in [5.41, 5.74) is 1.64. The third kappa shape index (κ3) is 4.78. The molecule has 7 heteroatoms. The van der Waals surface area contributed by atoms with Crippen molar-refractivity contribution in [1.82, 2.24) is 0 Å². The summed E-state index contributed by atoms with van der Waals surface area (Å²) < 4.78 is 17.4. The molecule has 6 nitrogen and oxygen atoms in total. The van der Waals surface area contributed by atoms with Gasteiger partial charge in [0.1, 0.15) is 17.1 Å². The van der Waals surface area contributed by atoms with Crippen LogP contribution in [0.1, 0.15) is 39.8 Å². The number of furan rings is 1. The van der Waals surface area contributed by atoms with Crippen molar-refractivity contribution in [3.05, 3.63) is 88.1 Å². The molecule has 0 bridgehead atoms. The third-order valence-electron chi connectivity index (χ3n) is 5.02. The number of anilines is 1. The van der Waals surface area contributed by atoms with Crippen LogP contribution in [0.25, 0.3) is 11.0 Å². The van der Waals surface area contributed by atoms with E-state index < -0.39 is 0 Å². The Morgan fingerprint density at radius 2 is 1.82 bits per heavy atom. The van der Waals surface area contributed by atoms with Crippen molar-refractivity contribution in [2.45, 2.75) is 13.3 Å². The average molecular weight is 508 g/mol. The molecule has 0 saturated carbocycles. The molecule has 1 amide bonds. The van der Waals surface area contributed by atoms with E-state index in [1.54, 1.807) is 61.7 Å². The monoisotopic (exact) mass is 507 g/mol. The molecule has 0 aliphatic heterocycles. The quantitative estimate of drug-likeness (QED) is 0.276. The maximum absolute atomic E-state index is 13.4. The van der Waals surface area contributed by atoms with Crippen molar-refractivity contribution in [3.63, 3.8) is 0 Å². The van der Waals surface area contributed by atoms with Crippen molar-refractivity contribution >= 4 is 44.3 Å². The van der Waals surface area contributed by atoms with E-state index in [0.29, 0.717) is 50.4 Å². The molecule has 0 atom stereocenters. The first-order valence-corrected chi connectivity index (χ1v) is 11.2. The molecule has 168 valence electrons. The van der Waals surface area contributed by atoms with E-state index in [2.05, 4.69) is 21.2 Å². The van der Waals surface area contributed by atoms with Crippen LogP contribution in [0.15, 0.2) is 75.6 Å². The van der Waals surface area contributed by atoms with E-state index >= 15 is 0 Å². The number of nitrogens with one attached hydrogen (secondary N) is 1. The zero-order valence-corrected chi connectivity index (χ0v) is 19.8. The van der Waals surface area contributed by atoms with Crippen LogP contribution in [-0.4, -0.2) is 25.4 Å². The predicted octanol–water partition coefficient (Wildman–Crippen LogP) is 6.48. The van der Waals surface area contributed by atoms with Gasteiger partial charge in [0.2, 0.25) is 5.78 Å². The maximum Gasteiger partial charge on any atom is 0.255 e. The summed E-state index contributed by atoms with van der Waals surface area (Å²) in [6.07, 6.45) is 0.865. The molecule has 0 aliphatic rings. The van der Waals surface area contributed by atoms with Gasteiger partial charge in [-0.05, 0) is 70.9 Å². The first-order valence-electron chi connectivity index (χ1n) is 10.5. The minimum Gasteiger partial charge on any atom is -0.496 e. The molecule has 1 heterocycles. The molecule has 3 aromatic carbocycles. The van der Waals surface area contributed by atoms with Crippen LogP contribution in [0.5, 0.6) is 11.5 Å². The molecule has 33 heavy (non-hydrogen) atoms. The third-order valence-corrected chi connectivity index (χ3v) is 5.64. The first kappa shape index (κ1) is 22.6. The highest BCUT2D eigenvalue weighted by atomic mass is 79.9. The second kappa shape index (κ2) is 9.92. The van der Waals surface area contributed by atoms with Gasteiger partial charge >= 0.3 is 0 Å². The van der Waals surface area contributed by atoms with Crippen LogP contribution in [0.4, 0.5) is 5.69 Å². The molecule has 0 aliphatic carbocycles. The number of hydrogen-bond donors (Lipinski definition) is 1. The smallest absolute Gasteiger partial charge is 0.255 e. The van der Waals surface area contributed by atoms with Gasteiger partial charge in [-0.1, -0.05) is 25.1 Å². The molecule has 1 aromatic heterocycles. The van der Waals surface area contributed by atoms with Crippen molar-refractivity contribution in [3.8, 4) is 11.5 Å². The topological polar surface area (TPSA) is 77.8 Å². The molecule has 1 N–H and O–H groups in total. The Hall–Kier alpha value is -3.58. The van der Waals surface area contributed by atoms with Crippen LogP contribution in [0, 0.1) is 0 Å². The number of fused-ring (bicyclic) bond motifs is 1. The summed E-state index contributed by atoms with van der Waals surface area (Å²) >= 11 is 3.41. The minimum atomic E-state index is -0.367. The molecule has 0 saturated heterocycles. The Morgan fingerprint density at radius 1 is 1.00 bits per heavy atom.